The van der Waals surface area contributed by atoms with E-state index >= 15 is 0 Å². The zero-order chi connectivity index (χ0) is 12.6. The van der Waals surface area contributed by atoms with Gasteiger partial charge < -0.3 is 4.90 Å². The molecule has 2 rings (SSSR count). The highest BCUT2D eigenvalue weighted by molar-refractivity contribution is 9.10. The van der Waals surface area contributed by atoms with Crippen LogP contribution in [0.2, 0.25) is 5.02 Å². The maximum atomic E-state index is 11.9. The Morgan fingerprint density at radius 2 is 2.29 bits per heavy atom. The standard InChI is InChI=1S/C13H11BrClNO/c1-3-9-5-13(17)16(7-9)12-6-11(15)8(2)4-10(12)14/h1,4,6,9H,5,7H2,2H3. The second kappa shape index (κ2) is 4.72. The molecule has 4 heteroatoms. The van der Waals surface area contributed by atoms with Crippen LogP contribution in [0.1, 0.15) is 12.0 Å². The van der Waals surface area contributed by atoms with Gasteiger partial charge in [-0.05, 0) is 40.5 Å². The van der Waals surface area contributed by atoms with Crippen molar-refractivity contribution in [1.29, 1.82) is 0 Å². The molecule has 1 amide bonds. The zero-order valence-corrected chi connectivity index (χ0v) is 11.7. The number of benzene rings is 1. The van der Waals surface area contributed by atoms with E-state index in [1.807, 2.05) is 13.0 Å². The van der Waals surface area contributed by atoms with Crippen LogP contribution in [0.15, 0.2) is 16.6 Å². The first-order chi connectivity index (χ1) is 8.02. The van der Waals surface area contributed by atoms with Crippen molar-refractivity contribution in [1.82, 2.24) is 0 Å². The molecule has 0 spiro atoms. The van der Waals surface area contributed by atoms with Crippen molar-refractivity contribution < 1.29 is 4.79 Å². The number of carbonyl (C=O) groups excluding carboxylic acids is 1. The first-order valence-electron chi connectivity index (χ1n) is 5.25. The predicted octanol–water partition coefficient (Wildman–Crippen LogP) is 3.40. The molecule has 1 aromatic carbocycles. The molecule has 0 aromatic heterocycles. The van der Waals surface area contributed by atoms with Gasteiger partial charge in [0.1, 0.15) is 0 Å². The van der Waals surface area contributed by atoms with Gasteiger partial charge in [-0.1, -0.05) is 11.6 Å². The van der Waals surface area contributed by atoms with E-state index in [1.54, 1.807) is 11.0 Å². The van der Waals surface area contributed by atoms with Gasteiger partial charge in [0.15, 0.2) is 0 Å². The summed E-state index contributed by atoms with van der Waals surface area (Å²) in [6, 6.07) is 3.71. The highest BCUT2D eigenvalue weighted by Gasteiger charge is 2.30. The minimum atomic E-state index is -0.00511. The van der Waals surface area contributed by atoms with Crippen LogP contribution in [0, 0.1) is 25.2 Å². The summed E-state index contributed by atoms with van der Waals surface area (Å²) in [5.74, 6) is 2.67. The van der Waals surface area contributed by atoms with Crippen molar-refractivity contribution in [3.05, 3.63) is 27.2 Å². The Kier molecular flexibility index (Phi) is 3.46. The Balaban J connectivity index is 2.39. The fourth-order valence-electron chi connectivity index (χ4n) is 1.89. The van der Waals surface area contributed by atoms with E-state index in [2.05, 4.69) is 21.9 Å². The van der Waals surface area contributed by atoms with E-state index in [4.69, 9.17) is 18.0 Å². The lowest BCUT2D eigenvalue weighted by atomic mass is 10.1. The van der Waals surface area contributed by atoms with Crippen molar-refractivity contribution in [3.63, 3.8) is 0 Å². The third-order valence-corrected chi connectivity index (χ3v) is 3.92. The maximum Gasteiger partial charge on any atom is 0.228 e. The van der Waals surface area contributed by atoms with Crippen LogP contribution in [0.4, 0.5) is 5.69 Å². The van der Waals surface area contributed by atoms with Gasteiger partial charge in [-0.25, -0.2) is 0 Å². The van der Waals surface area contributed by atoms with Crippen LogP contribution in [0.3, 0.4) is 0 Å². The topological polar surface area (TPSA) is 20.3 Å². The van der Waals surface area contributed by atoms with Crippen LogP contribution in [0.5, 0.6) is 0 Å². The summed E-state index contributed by atoms with van der Waals surface area (Å²) in [7, 11) is 0. The van der Waals surface area contributed by atoms with E-state index in [1.165, 1.54) is 0 Å². The summed E-state index contributed by atoms with van der Waals surface area (Å²) in [6.07, 6.45) is 5.77. The SMILES string of the molecule is C#CC1CC(=O)N(c2cc(Cl)c(C)cc2Br)C1. The summed E-state index contributed by atoms with van der Waals surface area (Å²) in [5.41, 5.74) is 1.77. The summed E-state index contributed by atoms with van der Waals surface area (Å²) < 4.78 is 0.866. The number of carbonyl (C=O) groups is 1. The monoisotopic (exact) mass is 311 g/mol. The second-order valence-corrected chi connectivity index (χ2v) is 5.39. The summed E-state index contributed by atoms with van der Waals surface area (Å²) in [5, 5.41) is 0.653. The Morgan fingerprint density at radius 3 is 2.88 bits per heavy atom. The number of rotatable bonds is 1. The second-order valence-electron chi connectivity index (χ2n) is 4.12. The van der Waals surface area contributed by atoms with Gasteiger partial charge >= 0.3 is 0 Å². The minimum absolute atomic E-state index is 0.00511. The van der Waals surface area contributed by atoms with Crippen LogP contribution in [-0.2, 0) is 4.79 Å². The minimum Gasteiger partial charge on any atom is -0.310 e. The number of anilines is 1. The molecule has 0 aliphatic carbocycles. The molecule has 1 aliphatic heterocycles. The highest BCUT2D eigenvalue weighted by Crippen LogP contribution is 2.35. The highest BCUT2D eigenvalue weighted by atomic mass is 79.9. The van der Waals surface area contributed by atoms with Gasteiger partial charge in [0, 0.05) is 28.4 Å². The predicted molar refractivity (Wildman–Crippen MR) is 73.2 cm³/mol. The van der Waals surface area contributed by atoms with Gasteiger partial charge in [-0.2, -0.15) is 0 Å². The summed E-state index contributed by atoms with van der Waals surface area (Å²) in [4.78, 5) is 13.6. The lowest BCUT2D eigenvalue weighted by Gasteiger charge is -2.18. The number of aryl methyl sites for hydroxylation is 1. The van der Waals surface area contributed by atoms with Crippen molar-refractivity contribution >= 4 is 39.1 Å². The van der Waals surface area contributed by atoms with E-state index in [-0.39, 0.29) is 11.8 Å². The molecule has 1 fully saturated rings. The summed E-state index contributed by atoms with van der Waals surface area (Å²) in [6.45, 7) is 2.49. The molecular formula is C13H11BrClNO. The molecule has 1 aromatic rings. The molecule has 17 heavy (non-hydrogen) atoms. The quantitative estimate of drug-likeness (QED) is 0.728. The van der Waals surface area contributed by atoms with Crippen molar-refractivity contribution in [2.45, 2.75) is 13.3 Å². The largest absolute Gasteiger partial charge is 0.310 e. The number of terminal acetylenes is 1. The average molecular weight is 313 g/mol. The molecule has 0 radical (unpaired) electrons. The van der Waals surface area contributed by atoms with Crippen LogP contribution >= 0.6 is 27.5 Å². The smallest absolute Gasteiger partial charge is 0.228 e. The van der Waals surface area contributed by atoms with Gasteiger partial charge in [0.25, 0.3) is 0 Å². The van der Waals surface area contributed by atoms with Crippen molar-refractivity contribution in [3.8, 4) is 12.3 Å². The van der Waals surface area contributed by atoms with E-state index in [0.717, 1.165) is 15.7 Å². The molecule has 1 unspecified atom stereocenters. The first-order valence-corrected chi connectivity index (χ1v) is 6.42. The van der Waals surface area contributed by atoms with Crippen LogP contribution in [-0.4, -0.2) is 12.5 Å². The first kappa shape index (κ1) is 12.5. The Labute approximate surface area is 114 Å². The molecule has 0 saturated carbocycles. The molecule has 0 N–H and O–H groups in total. The van der Waals surface area contributed by atoms with E-state index in [9.17, 15) is 4.79 Å². The lowest BCUT2D eigenvalue weighted by Crippen LogP contribution is -2.24. The number of nitrogens with zero attached hydrogens (tertiary/aromatic N) is 1. The number of hydrogen-bond donors (Lipinski definition) is 0. The fraction of sp³-hybridized carbons (Fsp3) is 0.308. The van der Waals surface area contributed by atoms with Crippen molar-refractivity contribution in [2.24, 2.45) is 5.92 Å². The van der Waals surface area contributed by atoms with Crippen LogP contribution in [0.25, 0.3) is 0 Å². The lowest BCUT2D eigenvalue weighted by molar-refractivity contribution is -0.117. The fourth-order valence-corrected chi connectivity index (χ4v) is 2.72. The zero-order valence-electron chi connectivity index (χ0n) is 9.34. The summed E-state index contributed by atoms with van der Waals surface area (Å²) >= 11 is 9.54. The van der Waals surface area contributed by atoms with Crippen LogP contribution < -0.4 is 4.90 Å². The maximum absolute atomic E-state index is 11.9. The van der Waals surface area contributed by atoms with Crippen molar-refractivity contribution in [2.75, 3.05) is 11.4 Å². The van der Waals surface area contributed by atoms with E-state index in [0.29, 0.717) is 18.0 Å². The average Bonchev–Trinajstić information content (AvgIpc) is 2.65. The molecule has 1 atom stereocenters. The number of halogens is 2. The molecule has 1 saturated heterocycles. The van der Waals surface area contributed by atoms with Gasteiger partial charge in [-0.3, -0.25) is 4.79 Å². The molecule has 2 nitrogen and oxygen atoms in total. The Morgan fingerprint density at radius 1 is 1.59 bits per heavy atom. The van der Waals surface area contributed by atoms with Gasteiger partial charge in [0.05, 0.1) is 5.69 Å². The normalized spacial score (nSPS) is 19.5. The Hall–Kier alpha value is -0.980. The van der Waals surface area contributed by atoms with Gasteiger partial charge in [-0.15, -0.1) is 12.3 Å². The Bertz CT molecular complexity index is 521. The third kappa shape index (κ3) is 2.34. The molecule has 88 valence electrons. The van der Waals surface area contributed by atoms with Gasteiger partial charge in [0.2, 0.25) is 5.91 Å². The molecule has 0 bridgehead atoms. The third-order valence-electron chi connectivity index (χ3n) is 2.88. The number of amides is 1. The van der Waals surface area contributed by atoms with E-state index < -0.39 is 0 Å². The molecule has 1 heterocycles. The molecular weight excluding hydrogens is 302 g/mol. The number of hydrogen-bond acceptors (Lipinski definition) is 1. The molecule has 1 aliphatic rings.